The van der Waals surface area contributed by atoms with Crippen molar-refractivity contribution in [3.8, 4) is 11.3 Å². The van der Waals surface area contributed by atoms with Crippen LogP contribution in [-0.2, 0) is 9.59 Å². The van der Waals surface area contributed by atoms with Crippen LogP contribution < -0.4 is 5.32 Å². The summed E-state index contributed by atoms with van der Waals surface area (Å²) in [6, 6.07) is 9.88. The fraction of sp³-hybridized carbons (Fsp3) is 0.560. The summed E-state index contributed by atoms with van der Waals surface area (Å²) >= 11 is 1.40. The summed E-state index contributed by atoms with van der Waals surface area (Å²) < 4.78 is 0. The van der Waals surface area contributed by atoms with Gasteiger partial charge < -0.3 is 10.2 Å². The van der Waals surface area contributed by atoms with Gasteiger partial charge in [-0.25, -0.2) is 4.98 Å². The van der Waals surface area contributed by atoms with Gasteiger partial charge in [-0.3, -0.25) is 9.59 Å². The molecule has 0 atom stereocenters. The van der Waals surface area contributed by atoms with Crippen LogP contribution in [-0.4, -0.2) is 34.8 Å². The minimum Gasteiger partial charge on any atom is -0.333 e. The fourth-order valence-electron chi connectivity index (χ4n) is 3.49. The SMILES string of the molecule is CCCCCCCCCC(=O)N(CC(=O)Nc1nc(-c2ccccc2)cs1)CC(C)C. The Bertz CT molecular complexity index is 789. The van der Waals surface area contributed by atoms with E-state index < -0.39 is 0 Å². The highest BCUT2D eigenvalue weighted by atomic mass is 32.1. The van der Waals surface area contributed by atoms with Crippen LogP contribution in [0.1, 0.15) is 72.1 Å². The summed E-state index contributed by atoms with van der Waals surface area (Å²) in [5.74, 6) is 0.194. The molecule has 0 saturated carbocycles. The number of unbranched alkanes of at least 4 members (excludes halogenated alkanes) is 6. The van der Waals surface area contributed by atoms with Gasteiger partial charge in [0.05, 0.1) is 12.2 Å². The molecule has 0 unspecified atom stereocenters. The molecule has 0 aliphatic rings. The number of benzene rings is 1. The predicted octanol–water partition coefficient (Wildman–Crippen LogP) is 6.37. The first-order valence-corrected chi connectivity index (χ1v) is 12.5. The number of hydrogen-bond acceptors (Lipinski definition) is 4. The molecule has 1 aromatic carbocycles. The first-order valence-electron chi connectivity index (χ1n) is 11.6. The molecule has 2 aromatic rings. The number of nitrogens with zero attached hydrogens (tertiary/aromatic N) is 2. The van der Waals surface area contributed by atoms with E-state index in [1.807, 2.05) is 35.7 Å². The zero-order valence-corrected chi connectivity index (χ0v) is 20.0. The van der Waals surface area contributed by atoms with Crippen LogP contribution in [0.3, 0.4) is 0 Å². The Kier molecular flexibility index (Phi) is 11.3. The normalized spacial score (nSPS) is 11.0. The van der Waals surface area contributed by atoms with Gasteiger partial charge in [-0.15, -0.1) is 11.3 Å². The van der Waals surface area contributed by atoms with Crippen molar-refractivity contribution in [1.29, 1.82) is 0 Å². The molecule has 2 rings (SSSR count). The molecule has 0 fully saturated rings. The molecule has 1 N–H and O–H groups in total. The summed E-state index contributed by atoms with van der Waals surface area (Å²) in [5.41, 5.74) is 1.86. The highest BCUT2D eigenvalue weighted by Gasteiger charge is 2.19. The van der Waals surface area contributed by atoms with Crippen LogP contribution in [0.5, 0.6) is 0 Å². The van der Waals surface area contributed by atoms with Gasteiger partial charge in [0.25, 0.3) is 0 Å². The topological polar surface area (TPSA) is 62.3 Å². The van der Waals surface area contributed by atoms with Gasteiger partial charge in [0, 0.05) is 23.9 Å². The van der Waals surface area contributed by atoms with E-state index in [0.717, 1.165) is 24.1 Å². The van der Waals surface area contributed by atoms with E-state index >= 15 is 0 Å². The minimum absolute atomic E-state index is 0.0709. The molecule has 5 nitrogen and oxygen atoms in total. The second-order valence-corrected chi connectivity index (χ2v) is 9.35. The van der Waals surface area contributed by atoms with Crippen LogP contribution in [0.4, 0.5) is 5.13 Å². The van der Waals surface area contributed by atoms with Crippen molar-refractivity contribution >= 4 is 28.3 Å². The molecule has 0 aliphatic heterocycles. The lowest BCUT2D eigenvalue weighted by atomic mass is 10.1. The van der Waals surface area contributed by atoms with Crippen LogP contribution in [0.25, 0.3) is 11.3 Å². The standard InChI is InChI=1S/C25H37N3O2S/c1-4-5-6-7-8-9-13-16-24(30)28(17-20(2)3)18-23(29)27-25-26-22(19-31-25)21-14-11-10-12-15-21/h10-12,14-15,19-20H,4-9,13,16-18H2,1-3H3,(H,26,27,29). The number of carbonyl (C=O) groups is 2. The van der Waals surface area contributed by atoms with Gasteiger partial charge in [-0.1, -0.05) is 89.6 Å². The Hall–Kier alpha value is -2.21. The van der Waals surface area contributed by atoms with Gasteiger partial charge in [-0.05, 0) is 12.3 Å². The number of aromatic nitrogens is 1. The van der Waals surface area contributed by atoms with E-state index in [2.05, 4.69) is 31.1 Å². The van der Waals surface area contributed by atoms with Gasteiger partial charge in [-0.2, -0.15) is 0 Å². The third-order valence-corrected chi connectivity index (χ3v) is 5.84. The highest BCUT2D eigenvalue weighted by Crippen LogP contribution is 2.24. The molecule has 0 radical (unpaired) electrons. The largest absolute Gasteiger partial charge is 0.333 e. The fourth-order valence-corrected chi connectivity index (χ4v) is 4.23. The zero-order chi connectivity index (χ0) is 22.5. The molecule has 31 heavy (non-hydrogen) atoms. The van der Waals surface area contributed by atoms with E-state index in [9.17, 15) is 9.59 Å². The number of thiazole rings is 1. The van der Waals surface area contributed by atoms with Crippen molar-refractivity contribution in [3.05, 3.63) is 35.7 Å². The quantitative estimate of drug-likeness (QED) is 0.345. The molecular weight excluding hydrogens is 406 g/mol. The van der Waals surface area contributed by atoms with Gasteiger partial charge in [0.2, 0.25) is 11.8 Å². The Labute approximate surface area is 191 Å². The van der Waals surface area contributed by atoms with Gasteiger partial charge in [0.15, 0.2) is 5.13 Å². The van der Waals surface area contributed by atoms with Gasteiger partial charge in [0.1, 0.15) is 0 Å². The monoisotopic (exact) mass is 443 g/mol. The van der Waals surface area contributed by atoms with E-state index in [4.69, 9.17) is 0 Å². The number of hydrogen-bond donors (Lipinski definition) is 1. The van der Waals surface area contributed by atoms with Crippen molar-refractivity contribution in [2.24, 2.45) is 5.92 Å². The highest BCUT2D eigenvalue weighted by molar-refractivity contribution is 7.14. The molecule has 0 saturated heterocycles. The second kappa shape index (κ2) is 14.0. The lowest BCUT2D eigenvalue weighted by Crippen LogP contribution is -2.40. The maximum atomic E-state index is 12.7. The number of carbonyl (C=O) groups excluding carboxylic acids is 2. The molecule has 1 aromatic heterocycles. The van der Waals surface area contributed by atoms with Crippen molar-refractivity contribution in [3.63, 3.8) is 0 Å². The minimum atomic E-state index is -0.192. The maximum Gasteiger partial charge on any atom is 0.245 e. The van der Waals surface area contributed by atoms with Crippen LogP contribution in [0.15, 0.2) is 35.7 Å². The van der Waals surface area contributed by atoms with Gasteiger partial charge >= 0.3 is 0 Å². The smallest absolute Gasteiger partial charge is 0.245 e. The number of amides is 2. The number of rotatable bonds is 14. The Morgan fingerprint density at radius 1 is 1.03 bits per heavy atom. The zero-order valence-electron chi connectivity index (χ0n) is 19.2. The van der Waals surface area contributed by atoms with E-state index in [0.29, 0.717) is 24.0 Å². The van der Waals surface area contributed by atoms with Crippen molar-refractivity contribution in [2.75, 3.05) is 18.4 Å². The predicted molar refractivity (Wildman–Crippen MR) is 130 cm³/mol. The third-order valence-electron chi connectivity index (χ3n) is 5.09. The van der Waals surface area contributed by atoms with Crippen molar-refractivity contribution < 1.29 is 9.59 Å². The maximum absolute atomic E-state index is 12.7. The molecule has 0 bridgehead atoms. The third kappa shape index (κ3) is 9.64. The lowest BCUT2D eigenvalue weighted by molar-refractivity contribution is -0.135. The first kappa shape index (κ1) is 25.1. The first-order chi connectivity index (χ1) is 15.0. The van der Waals surface area contributed by atoms with E-state index in [1.165, 1.54) is 43.4 Å². The summed E-state index contributed by atoms with van der Waals surface area (Å²) in [6.07, 6.45) is 8.76. The number of anilines is 1. The lowest BCUT2D eigenvalue weighted by Gasteiger charge is -2.24. The average molecular weight is 444 g/mol. The van der Waals surface area contributed by atoms with E-state index in [-0.39, 0.29) is 18.4 Å². The molecule has 0 aliphatic carbocycles. The Morgan fingerprint density at radius 2 is 1.71 bits per heavy atom. The summed E-state index contributed by atoms with van der Waals surface area (Å²) in [4.78, 5) is 31.5. The molecule has 2 amide bonds. The molecule has 0 spiro atoms. The summed E-state index contributed by atoms with van der Waals surface area (Å²) in [5, 5.41) is 5.36. The molecular formula is C25H37N3O2S. The van der Waals surface area contributed by atoms with Crippen LogP contribution >= 0.6 is 11.3 Å². The molecule has 170 valence electrons. The van der Waals surface area contributed by atoms with Crippen LogP contribution in [0, 0.1) is 5.92 Å². The summed E-state index contributed by atoms with van der Waals surface area (Å²) in [6.45, 7) is 7.02. The Balaban J connectivity index is 1.82. The van der Waals surface area contributed by atoms with E-state index in [1.54, 1.807) is 4.90 Å². The average Bonchev–Trinajstić information content (AvgIpc) is 3.21. The molecule has 1 heterocycles. The van der Waals surface area contributed by atoms with Crippen molar-refractivity contribution in [1.82, 2.24) is 9.88 Å². The Morgan fingerprint density at radius 3 is 2.39 bits per heavy atom. The van der Waals surface area contributed by atoms with Crippen molar-refractivity contribution in [2.45, 2.75) is 72.1 Å². The second-order valence-electron chi connectivity index (χ2n) is 8.49. The molecule has 6 heteroatoms. The number of nitrogens with one attached hydrogen (secondary N) is 1. The summed E-state index contributed by atoms with van der Waals surface area (Å²) in [7, 11) is 0. The van der Waals surface area contributed by atoms with Crippen LogP contribution in [0.2, 0.25) is 0 Å².